The Bertz CT molecular complexity index is 963. The Morgan fingerprint density at radius 3 is 1.94 bits per heavy atom. The molecule has 0 saturated heterocycles. The molecule has 0 fully saturated rings. The summed E-state index contributed by atoms with van der Waals surface area (Å²) < 4.78 is 0. The van der Waals surface area contributed by atoms with Gasteiger partial charge in [0.2, 0.25) is 0 Å². The van der Waals surface area contributed by atoms with Crippen LogP contribution in [0.4, 0.5) is 0 Å². The van der Waals surface area contributed by atoms with Crippen molar-refractivity contribution in [1.29, 1.82) is 0 Å². The van der Waals surface area contributed by atoms with Gasteiger partial charge in [0.25, 0.3) is 0 Å². The lowest BCUT2D eigenvalue weighted by molar-refractivity contribution is -0.121. The number of hydrogen-bond donors (Lipinski definition) is 2. The van der Waals surface area contributed by atoms with Gasteiger partial charge in [-0.25, -0.2) is 0 Å². The summed E-state index contributed by atoms with van der Waals surface area (Å²) in [6.45, 7) is 12.4. The monoisotopic (exact) mass is 450 g/mol. The first-order chi connectivity index (χ1) is 15.7. The molecule has 0 aliphatic heterocycles. The molecule has 0 aliphatic rings. The van der Waals surface area contributed by atoms with Gasteiger partial charge in [0, 0.05) is 11.8 Å². The SMILES string of the molecule is CCC(O)(C=Cc1ccc(C(CC)(CC)c2ccc(CCC(=O)CO)c(C)c2)cc1C)CC. The van der Waals surface area contributed by atoms with Crippen molar-refractivity contribution >= 4 is 11.9 Å². The van der Waals surface area contributed by atoms with Gasteiger partial charge in [-0.15, -0.1) is 0 Å². The van der Waals surface area contributed by atoms with Crippen LogP contribution in [0.5, 0.6) is 0 Å². The molecule has 2 N–H and O–H groups in total. The average molecular weight is 451 g/mol. The van der Waals surface area contributed by atoms with Gasteiger partial charge in [0.15, 0.2) is 5.78 Å². The van der Waals surface area contributed by atoms with E-state index in [9.17, 15) is 9.90 Å². The van der Waals surface area contributed by atoms with Gasteiger partial charge in [0.05, 0.1) is 5.60 Å². The van der Waals surface area contributed by atoms with Crippen LogP contribution in [0.3, 0.4) is 0 Å². The minimum absolute atomic E-state index is 0.0786. The summed E-state index contributed by atoms with van der Waals surface area (Å²) in [5.41, 5.74) is 6.49. The molecule has 2 aromatic carbocycles. The van der Waals surface area contributed by atoms with Crippen LogP contribution < -0.4 is 0 Å². The molecule has 0 unspecified atom stereocenters. The van der Waals surface area contributed by atoms with Gasteiger partial charge in [-0.2, -0.15) is 0 Å². The maximum atomic E-state index is 11.5. The molecule has 0 amide bonds. The van der Waals surface area contributed by atoms with E-state index < -0.39 is 5.60 Å². The Balaban J connectivity index is 2.41. The van der Waals surface area contributed by atoms with Crippen LogP contribution in [0.15, 0.2) is 42.5 Å². The fourth-order valence-electron chi connectivity index (χ4n) is 4.75. The zero-order chi connectivity index (χ0) is 24.6. The minimum atomic E-state index is -0.747. The van der Waals surface area contributed by atoms with Crippen LogP contribution in [-0.4, -0.2) is 28.2 Å². The first kappa shape index (κ1) is 27.0. The summed E-state index contributed by atoms with van der Waals surface area (Å²) >= 11 is 0. The number of rotatable bonds is 12. The van der Waals surface area contributed by atoms with E-state index in [0.29, 0.717) is 25.7 Å². The summed E-state index contributed by atoms with van der Waals surface area (Å²) in [4.78, 5) is 11.5. The summed E-state index contributed by atoms with van der Waals surface area (Å²) in [6.07, 6.45) is 8.42. The van der Waals surface area contributed by atoms with Crippen LogP contribution in [-0.2, 0) is 16.6 Å². The standard InChI is InChI=1S/C30H42O3/c1-7-29(33,8-2)18-17-25-12-15-27(20-23(25)6)30(9-3,10-4)26-14-11-24(22(5)19-26)13-16-28(32)21-31/h11-12,14-15,17-20,31,33H,7-10,13,16,21H2,1-6H3. The summed E-state index contributed by atoms with van der Waals surface area (Å²) in [5.74, 6) is -0.115. The Morgan fingerprint density at radius 1 is 0.879 bits per heavy atom. The molecular weight excluding hydrogens is 408 g/mol. The van der Waals surface area contributed by atoms with Crippen LogP contribution in [0.1, 0.15) is 93.2 Å². The molecule has 0 saturated carbocycles. The average Bonchev–Trinajstić information content (AvgIpc) is 2.83. The summed E-state index contributed by atoms with van der Waals surface area (Å²) in [6, 6.07) is 13.3. The van der Waals surface area contributed by atoms with Crippen molar-refractivity contribution in [3.05, 3.63) is 75.9 Å². The zero-order valence-corrected chi connectivity index (χ0v) is 21.4. The van der Waals surface area contributed by atoms with Crippen molar-refractivity contribution in [2.75, 3.05) is 6.61 Å². The highest BCUT2D eigenvalue weighted by Crippen LogP contribution is 2.40. The van der Waals surface area contributed by atoms with Gasteiger partial charge >= 0.3 is 0 Å². The third kappa shape index (κ3) is 6.22. The van der Waals surface area contributed by atoms with E-state index in [2.05, 4.69) is 70.2 Å². The van der Waals surface area contributed by atoms with Gasteiger partial charge in [-0.1, -0.05) is 76.2 Å². The second-order valence-corrected chi connectivity index (χ2v) is 9.34. The lowest BCUT2D eigenvalue weighted by atomic mass is 9.69. The van der Waals surface area contributed by atoms with Gasteiger partial charge in [-0.05, 0) is 79.3 Å². The largest absolute Gasteiger partial charge is 0.389 e. The number of aliphatic hydroxyl groups is 2. The first-order valence-corrected chi connectivity index (χ1v) is 12.4. The van der Waals surface area contributed by atoms with E-state index in [1.165, 1.54) is 22.3 Å². The van der Waals surface area contributed by atoms with Crippen molar-refractivity contribution < 1.29 is 15.0 Å². The van der Waals surface area contributed by atoms with E-state index in [1.807, 2.05) is 19.9 Å². The van der Waals surface area contributed by atoms with Gasteiger partial charge in [0.1, 0.15) is 6.61 Å². The lowest BCUT2D eigenvalue weighted by Crippen LogP contribution is -2.26. The molecule has 0 bridgehead atoms. The molecule has 180 valence electrons. The number of ketones is 1. The first-order valence-electron chi connectivity index (χ1n) is 12.4. The number of benzene rings is 2. The maximum Gasteiger partial charge on any atom is 0.158 e. The zero-order valence-electron chi connectivity index (χ0n) is 21.4. The number of aryl methyl sites for hydroxylation is 3. The second kappa shape index (κ2) is 11.8. The molecule has 0 spiro atoms. The molecule has 3 nitrogen and oxygen atoms in total. The van der Waals surface area contributed by atoms with E-state index in [4.69, 9.17) is 5.11 Å². The fourth-order valence-corrected chi connectivity index (χ4v) is 4.75. The molecule has 0 heterocycles. The molecule has 0 aliphatic carbocycles. The van der Waals surface area contributed by atoms with E-state index >= 15 is 0 Å². The van der Waals surface area contributed by atoms with Crippen molar-refractivity contribution in [2.45, 2.75) is 91.1 Å². The highest BCUT2D eigenvalue weighted by atomic mass is 16.3. The van der Waals surface area contributed by atoms with Crippen LogP contribution in [0.25, 0.3) is 6.08 Å². The molecule has 2 aromatic rings. The molecule has 0 atom stereocenters. The highest BCUT2D eigenvalue weighted by Gasteiger charge is 2.31. The number of hydrogen-bond acceptors (Lipinski definition) is 3. The topological polar surface area (TPSA) is 57.5 Å². The van der Waals surface area contributed by atoms with Crippen LogP contribution in [0, 0.1) is 13.8 Å². The smallest absolute Gasteiger partial charge is 0.158 e. The van der Waals surface area contributed by atoms with Gasteiger partial charge in [-0.3, -0.25) is 4.79 Å². The molecular formula is C30H42O3. The van der Waals surface area contributed by atoms with Gasteiger partial charge < -0.3 is 10.2 Å². The fraction of sp³-hybridized carbons (Fsp3) is 0.500. The summed E-state index contributed by atoms with van der Waals surface area (Å²) in [7, 11) is 0. The Hall–Kier alpha value is -2.23. The van der Waals surface area contributed by atoms with Crippen molar-refractivity contribution in [3.8, 4) is 0 Å². The molecule has 0 radical (unpaired) electrons. The lowest BCUT2D eigenvalue weighted by Gasteiger charge is -2.34. The predicted octanol–water partition coefficient (Wildman–Crippen LogP) is 6.47. The maximum absolute atomic E-state index is 11.5. The normalized spacial score (nSPS) is 12.5. The summed E-state index contributed by atoms with van der Waals surface area (Å²) in [5, 5.41) is 19.6. The minimum Gasteiger partial charge on any atom is -0.389 e. The Morgan fingerprint density at radius 2 is 1.45 bits per heavy atom. The number of Topliss-reactive ketones (excluding diaryl/α,β-unsaturated/α-hetero) is 1. The molecule has 0 aromatic heterocycles. The number of carbonyl (C=O) groups excluding carboxylic acids is 1. The van der Waals surface area contributed by atoms with E-state index in [0.717, 1.165) is 24.0 Å². The molecule has 33 heavy (non-hydrogen) atoms. The predicted molar refractivity (Wildman–Crippen MR) is 139 cm³/mol. The van der Waals surface area contributed by atoms with Crippen molar-refractivity contribution in [2.24, 2.45) is 0 Å². The van der Waals surface area contributed by atoms with Crippen LogP contribution >= 0.6 is 0 Å². The Kier molecular flexibility index (Phi) is 9.63. The van der Waals surface area contributed by atoms with Crippen molar-refractivity contribution in [1.82, 2.24) is 0 Å². The quantitative estimate of drug-likeness (QED) is 0.390. The third-order valence-corrected chi connectivity index (χ3v) is 7.57. The molecule has 2 rings (SSSR count). The van der Waals surface area contributed by atoms with Crippen molar-refractivity contribution in [3.63, 3.8) is 0 Å². The highest BCUT2D eigenvalue weighted by molar-refractivity contribution is 5.79. The second-order valence-electron chi connectivity index (χ2n) is 9.34. The van der Waals surface area contributed by atoms with Crippen LogP contribution in [0.2, 0.25) is 0 Å². The molecule has 3 heteroatoms. The van der Waals surface area contributed by atoms with E-state index in [-0.39, 0.29) is 17.8 Å². The number of carbonyl (C=O) groups is 1. The number of aliphatic hydroxyl groups excluding tert-OH is 1. The third-order valence-electron chi connectivity index (χ3n) is 7.57. The Labute approximate surface area is 200 Å². The van der Waals surface area contributed by atoms with E-state index in [1.54, 1.807) is 0 Å².